The van der Waals surface area contributed by atoms with E-state index >= 15 is 0 Å². The lowest BCUT2D eigenvalue weighted by atomic mass is 9.47. The molecule has 3 saturated carbocycles. The molecule has 4 aliphatic carbocycles. The highest BCUT2D eigenvalue weighted by atomic mass is 16.8. The Morgan fingerprint density at radius 2 is 1.24 bits per heavy atom. The number of aliphatic hydroxyl groups excluding tert-OH is 12. The summed E-state index contributed by atoms with van der Waals surface area (Å²) in [4.78, 5) is 0. The van der Waals surface area contributed by atoms with Crippen molar-refractivity contribution in [1.29, 1.82) is 0 Å². The molecule has 9 rings (SSSR count). The minimum atomic E-state index is -1.74. The fraction of sp³-hybridized carbons (Fsp3) is 0.962. The van der Waals surface area contributed by atoms with Gasteiger partial charge in [-0.3, -0.25) is 0 Å². The van der Waals surface area contributed by atoms with E-state index in [1.807, 2.05) is 6.92 Å². The highest BCUT2D eigenvalue weighted by Gasteiger charge is 2.68. The molecular formula is C52H86O22. The molecule has 426 valence electrons. The van der Waals surface area contributed by atoms with Crippen LogP contribution in [-0.4, -0.2) is 229 Å². The Bertz CT molecular complexity index is 1920. The molecule has 0 aromatic heterocycles. The zero-order chi connectivity index (χ0) is 53.5. The second kappa shape index (κ2) is 22.4. The zero-order valence-electron chi connectivity index (χ0n) is 43.7. The summed E-state index contributed by atoms with van der Waals surface area (Å²) in [6.45, 7) is 11.1. The van der Waals surface area contributed by atoms with Gasteiger partial charge in [0.15, 0.2) is 30.9 Å². The van der Waals surface area contributed by atoms with E-state index in [2.05, 4.69) is 26.8 Å². The molecule has 0 aromatic rings. The molecule has 9 aliphatic rings. The van der Waals surface area contributed by atoms with Crippen LogP contribution < -0.4 is 0 Å². The first-order valence-electron chi connectivity index (χ1n) is 27.2. The third kappa shape index (κ3) is 10.1. The van der Waals surface area contributed by atoms with Crippen molar-refractivity contribution in [3.8, 4) is 0 Å². The fourth-order valence-electron chi connectivity index (χ4n) is 15.3. The van der Waals surface area contributed by atoms with Gasteiger partial charge in [0.2, 0.25) is 0 Å². The molecule has 0 aromatic carbocycles. The number of ether oxygens (including phenoxy) is 10. The molecular weight excluding hydrogens is 977 g/mol. The van der Waals surface area contributed by atoms with Crippen LogP contribution in [0.4, 0.5) is 0 Å². The number of allylic oxidation sites excluding steroid dienone is 1. The van der Waals surface area contributed by atoms with Gasteiger partial charge < -0.3 is 109 Å². The van der Waals surface area contributed by atoms with E-state index in [1.54, 1.807) is 7.11 Å². The molecule has 31 atom stereocenters. The molecule has 74 heavy (non-hydrogen) atoms. The first-order valence-corrected chi connectivity index (χ1v) is 27.2. The molecule has 6 unspecified atom stereocenters. The Morgan fingerprint density at radius 1 is 0.649 bits per heavy atom. The first kappa shape index (κ1) is 57.5. The SMILES string of the molecule is COC1(CC[C@H](C)CO[C@@H]2O[C@H](CO)[C@@H](O)[C@H](O)[C@H]2O)OC2CC3C4CC=C5C[C@@H](O[C@@H]6O[C@H](CO)[C@@H](O[C@@H]7O[C@@H](C)[C@H](O)[C@@H](O)[C@H]7O)[C@H](O)[C@H]6O[C@@H]6O[C@@H](C)[C@H](O)[C@@H](O)[C@H]6O)CC[C@]5(C)C4CC[C@]3(C)C2[C@@H]1C. The standard InChI is InChI=1S/C52H86O22/c1-21(20-66-46-40(61)39(60)36(57)31(18-53)70-46)10-15-52(65-7)22(2)33-30(74-52)17-29-27-9-8-25-16-26(11-13-50(25,5)28(27)12-14-51(29,33)6)69-49-45(73-48-42(63)38(59)35(56)24(4)68-48)43(64)44(32(19-54)71-49)72-47-41(62)37(58)34(55)23(3)67-47/h8,21-24,26-49,53-64H,9-20H2,1-7H3/t21-,22-,23-,24-,26-,27?,28?,29?,30?,31+,32+,33?,34-,35-,36+,37+,38+,39-,40+,41+,42+,43-,44+,45+,46+,47-,48-,49+,50-,51-,52?/m0/s1. The van der Waals surface area contributed by atoms with E-state index in [9.17, 15) is 61.3 Å². The fourth-order valence-corrected chi connectivity index (χ4v) is 15.3. The predicted octanol–water partition coefficient (Wildman–Crippen LogP) is -1.33. The lowest BCUT2D eigenvalue weighted by molar-refractivity contribution is -0.388. The third-order valence-electron chi connectivity index (χ3n) is 19.8. The highest BCUT2D eigenvalue weighted by molar-refractivity contribution is 5.26. The average molecular weight is 1060 g/mol. The van der Waals surface area contributed by atoms with E-state index in [0.717, 1.165) is 32.1 Å². The number of hydrogen-bond donors (Lipinski definition) is 12. The van der Waals surface area contributed by atoms with Crippen LogP contribution in [0.2, 0.25) is 0 Å². The van der Waals surface area contributed by atoms with Gasteiger partial charge in [-0.15, -0.1) is 0 Å². The van der Waals surface area contributed by atoms with Crippen molar-refractivity contribution in [2.45, 2.75) is 240 Å². The summed E-state index contributed by atoms with van der Waals surface area (Å²) in [5.74, 6) is 0.884. The number of methoxy groups -OCH3 is 1. The van der Waals surface area contributed by atoms with E-state index in [4.69, 9.17) is 47.4 Å². The summed E-state index contributed by atoms with van der Waals surface area (Å²) in [6, 6.07) is 0. The molecule has 5 heterocycles. The maximum atomic E-state index is 12.1. The number of hydrogen-bond acceptors (Lipinski definition) is 22. The van der Waals surface area contributed by atoms with Crippen LogP contribution in [0.25, 0.3) is 0 Å². The van der Waals surface area contributed by atoms with Crippen molar-refractivity contribution in [2.24, 2.45) is 46.3 Å². The Morgan fingerprint density at radius 3 is 1.86 bits per heavy atom. The van der Waals surface area contributed by atoms with Crippen LogP contribution in [0.5, 0.6) is 0 Å². The predicted molar refractivity (Wildman–Crippen MR) is 254 cm³/mol. The Hall–Kier alpha value is -1.14. The topological polar surface area (TPSA) is 335 Å². The minimum absolute atomic E-state index is 0.00465. The summed E-state index contributed by atoms with van der Waals surface area (Å²) < 4.78 is 61.5. The average Bonchev–Trinajstić information content (AvgIpc) is 3.84. The van der Waals surface area contributed by atoms with Crippen molar-refractivity contribution in [3.63, 3.8) is 0 Å². The lowest BCUT2D eigenvalue weighted by Gasteiger charge is -2.58. The molecule has 0 amide bonds. The molecule has 8 fully saturated rings. The van der Waals surface area contributed by atoms with Crippen LogP contribution in [0.15, 0.2) is 11.6 Å². The molecule has 0 spiro atoms. The Balaban J connectivity index is 0.854. The van der Waals surface area contributed by atoms with Gasteiger partial charge in [0.05, 0.1) is 44.2 Å². The maximum Gasteiger partial charge on any atom is 0.187 e. The Labute approximate surface area is 432 Å². The summed E-state index contributed by atoms with van der Waals surface area (Å²) >= 11 is 0. The first-order chi connectivity index (χ1) is 35.0. The summed E-state index contributed by atoms with van der Waals surface area (Å²) in [5, 5.41) is 127. The number of rotatable bonds is 15. The second-order valence-corrected chi connectivity index (χ2v) is 24.0. The van der Waals surface area contributed by atoms with E-state index in [-0.39, 0.29) is 41.3 Å². The highest BCUT2D eigenvalue weighted by Crippen LogP contribution is 2.70. The summed E-state index contributed by atoms with van der Waals surface area (Å²) in [7, 11) is 1.72. The van der Waals surface area contributed by atoms with Gasteiger partial charge in [0, 0.05) is 19.4 Å². The lowest BCUT2D eigenvalue weighted by Crippen LogP contribution is -2.66. The third-order valence-corrected chi connectivity index (χ3v) is 19.8. The number of aliphatic hydroxyl groups is 12. The van der Waals surface area contributed by atoms with Crippen molar-refractivity contribution < 1.29 is 109 Å². The largest absolute Gasteiger partial charge is 0.394 e. The van der Waals surface area contributed by atoms with Crippen molar-refractivity contribution >= 4 is 0 Å². The molecule has 22 nitrogen and oxygen atoms in total. The second-order valence-electron chi connectivity index (χ2n) is 24.0. The molecule has 0 bridgehead atoms. The molecule has 22 heteroatoms. The van der Waals surface area contributed by atoms with Crippen molar-refractivity contribution in [3.05, 3.63) is 11.6 Å². The van der Waals surface area contributed by atoms with Gasteiger partial charge in [0.25, 0.3) is 0 Å². The van der Waals surface area contributed by atoms with Gasteiger partial charge in [-0.25, -0.2) is 0 Å². The van der Waals surface area contributed by atoms with Gasteiger partial charge >= 0.3 is 0 Å². The minimum Gasteiger partial charge on any atom is -0.394 e. The molecule has 12 N–H and O–H groups in total. The van der Waals surface area contributed by atoms with E-state index < -0.39 is 148 Å². The van der Waals surface area contributed by atoms with Crippen LogP contribution >= 0.6 is 0 Å². The zero-order valence-corrected chi connectivity index (χ0v) is 43.7. The van der Waals surface area contributed by atoms with E-state index in [0.29, 0.717) is 43.4 Å². The molecule has 5 saturated heterocycles. The molecule has 5 aliphatic heterocycles. The normalized spacial score (nSPS) is 54.9. The van der Waals surface area contributed by atoms with Crippen molar-refractivity contribution in [1.82, 2.24) is 0 Å². The Kier molecular flexibility index (Phi) is 17.4. The summed E-state index contributed by atoms with van der Waals surface area (Å²) in [6.07, 6.45) is -19.4. The van der Waals surface area contributed by atoms with Crippen LogP contribution in [0, 0.1) is 46.3 Å². The number of fused-ring (bicyclic) bond motifs is 7. The van der Waals surface area contributed by atoms with Crippen molar-refractivity contribution in [2.75, 3.05) is 26.9 Å². The van der Waals surface area contributed by atoms with Gasteiger partial charge in [-0.05, 0) is 106 Å². The van der Waals surface area contributed by atoms with Crippen LogP contribution in [0.1, 0.15) is 99.3 Å². The van der Waals surface area contributed by atoms with Crippen LogP contribution in [-0.2, 0) is 47.4 Å². The quantitative estimate of drug-likeness (QED) is 0.0846. The summed E-state index contributed by atoms with van der Waals surface area (Å²) in [5.41, 5.74) is 1.19. The van der Waals surface area contributed by atoms with Gasteiger partial charge in [-0.2, -0.15) is 0 Å². The van der Waals surface area contributed by atoms with Gasteiger partial charge in [0.1, 0.15) is 85.5 Å². The van der Waals surface area contributed by atoms with Crippen LogP contribution in [0.3, 0.4) is 0 Å². The monoisotopic (exact) mass is 1060 g/mol. The van der Waals surface area contributed by atoms with E-state index in [1.165, 1.54) is 19.4 Å². The smallest absolute Gasteiger partial charge is 0.187 e. The molecule has 0 radical (unpaired) electrons. The van der Waals surface area contributed by atoms with Gasteiger partial charge in [-0.1, -0.05) is 39.3 Å². The maximum absolute atomic E-state index is 12.1.